The van der Waals surface area contributed by atoms with Gasteiger partial charge in [-0.2, -0.15) is 0 Å². The zero-order chi connectivity index (χ0) is 14.4. The molecule has 2 atom stereocenters. The maximum atomic E-state index is 2.42. The molecule has 0 amide bonds. The van der Waals surface area contributed by atoms with E-state index in [1.165, 1.54) is 38.5 Å². The van der Waals surface area contributed by atoms with Crippen molar-refractivity contribution in [2.75, 3.05) is 0 Å². The van der Waals surface area contributed by atoms with Crippen LogP contribution in [0.15, 0.2) is 0 Å². The maximum absolute atomic E-state index is 2.42. The van der Waals surface area contributed by atoms with Gasteiger partial charge in [0, 0.05) is 0 Å². The molecule has 0 aliphatic carbocycles. The van der Waals surface area contributed by atoms with Crippen molar-refractivity contribution >= 4 is 0 Å². The zero-order valence-electron chi connectivity index (χ0n) is 14.4. The van der Waals surface area contributed by atoms with E-state index in [0.29, 0.717) is 10.8 Å². The Labute approximate surface area is 117 Å². The van der Waals surface area contributed by atoms with E-state index in [4.69, 9.17) is 0 Å². The number of rotatable bonds is 7. The van der Waals surface area contributed by atoms with E-state index >= 15 is 0 Å². The first-order valence-electron chi connectivity index (χ1n) is 7.99. The van der Waals surface area contributed by atoms with Crippen molar-refractivity contribution < 1.29 is 0 Å². The number of hydrogen-bond acceptors (Lipinski definition) is 0. The van der Waals surface area contributed by atoms with Gasteiger partial charge in [-0.25, -0.2) is 0 Å². The highest BCUT2D eigenvalue weighted by Crippen LogP contribution is 2.29. The van der Waals surface area contributed by atoms with Crippen LogP contribution in [0.1, 0.15) is 93.9 Å². The summed E-state index contributed by atoms with van der Waals surface area (Å²) in [7, 11) is 0. The second kappa shape index (κ2) is 7.56. The van der Waals surface area contributed by atoms with E-state index in [1.807, 2.05) is 0 Å². The van der Waals surface area contributed by atoms with Crippen LogP contribution in [0.5, 0.6) is 0 Å². The lowest BCUT2D eigenvalue weighted by atomic mass is 9.82. The molecule has 0 fully saturated rings. The molecule has 0 aromatic rings. The van der Waals surface area contributed by atoms with Gasteiger partial charge >= 0.3 is 0 Å². The minimum absolute atomic E-state index is 0.499. The van der Waals surface area contributed by atoms with E-state index in [0.717, 1.165) is 11.8 Å². The Bertz CT molecular complexity index is 177. The minimum Gasteiger partial charge on any atom is -0.0625 e. The van der Waals surface area contributed by atoms with Crippen molar-refractivity contribution in [3.8, 4) is 0 Å². The van der Waals surface area contributed by atoms with Gasteiger partial charge in [0.25, 0.3) is 0 Å². The Hall–Kier alpha value is 0. The molecule has 0 saturated heterocycles. The normalized spacial score (nSPS) is 16.7. The molecule has 0 aliphatic rings. The average molecular weight is 255 g/mol. The zero-order valence-corrected chi connectivity index (χ0v) is 14.4. The fraction of sp³-hybridized carbons (Fsp3) is 1.00. The van der Waals surface area contributed by atoms with Gasteiger partial charge in [-0.15, -0.1) is 0 Å². The molecule has 0 bridgehead atoms. The molecule has 0 nitrogen and oxygen atoms in total. The van der Waals surface area contributed by atoms with Crippen LogP contribution >= 0.6 is 0 Å². The third-order valence-corrected chi connectivity index (χ3v) is 3.57. The van der Waals surface area contributed by atoms with Crippen LogP contribution < -0.4 is 0 Å². The van der Waals surface area contributed by atoms with Crippen LogP contribution in [-0.4, -0.2) is 0 Å². The first-order chi connectivity index (χ1) is 7.99. The lowest BCUT2D eigenvalue weighted by molar-refractivity contribution is 0.276. The monoisotopic (exact) mass is 254 g/mol. The first kappa shape index (κ1) is 18.0. The molecular weight excluding hydrogens is 216 g/mol. The Morgan fingerprint density at radius 3 is 1.11 bits per heavy atom. The number of unbranched alkanes of at least 4 members (excludes halogenated alkanes) is 1. The molecule has 0 aromatic carbocycles. The summed E-state index contributed by atoms with van der Waals surface area (Å²) in [6, 6.07) is 0. The lowest BCUT2D eigenvalue weighted by Gasteiger charge is -2.24. The van der Waals surface area contributed by atoms with Gasteiger partial charge in [0.2, 0.25) is 0 Å². The van der Waals surface area contributed by atoms with E-state index in [2.05, 4.69) is 55.4 Å². The molecule has 0 aliphatic heterocycles. The van der Waals surface area contributed by atoms with Crippen LogP contribution in [0.25, 0.3) is 0 Å². The summed E-state index contributed by atoms with van der Waals surface area (Å²) in [4.78, 5) is 0. The second-order valence-electron chi connectivity index (χ2n) is 9.02. The minimum atomic E-state index is 0.499. The van der Waals surface area contributed by atoms with Gasteiger partial charge in [-0.1, -0.05) is 81.1 Å². The highest BCUT2D eigenvalue weighted by Gasteiger charge is 2.16. The van der Waals surface area contributed by atoms with Gasteiger partial charge in [0.05, 0.1) is 0 Å². The predicted octanol–water partition coefficient (Wildman–Crippen LogP) is 6.69. The van der Waals surface area contributed by atoms with Gasteiger partial charge < -0.3 is 0 Å². The molecule has 0 saturated carbocycles. The Kier molecular flexibility index (Phi) is 7.56. The van der Waals surface area contributed by atoms with Gasteiger partial charge in [-0.05, 0) is 35.5 Å². The van der Waals surface area contributed by atoms with Crippen LogP contribution in [-0.2, 0) is 0 Å². The van der Waals surface area contributed by atoms with Crippen molar-refractivity contribution in [2.24, 2.45) is 22.7 Å². The quantitative estimate of drug-likeness (QED) is 0.444. The largest absolute Gasteiger partial charge is 0.0625 e. The topological polar surface area (TPSA) is 0 Å². The van der Waals surface area contributed by atoms with Crippen LogP contribution in [0, 0.1) is 22.7 Å². The molecule has 0 heterocycles. The number of hydrogen-bond donors (Lipinski definition) is 0. The summed E-state index contributed by atoms with van der Waals surface area (Å²) in [5.41, 5.74) is 0.998. The van der Waals surface area contributed by atoms with Gasteiger partial charge in [-0.3, -0.25) is 0 Å². The fourth-order valence-electron chi connectivity index (χ4n) is 3.28. The van der Waals surface area contributed by atoms with E-state index < -0.39 is 0 Å². The van der Waals surface area contributed by atoms with Crippen molar-refractivity contribution in [3.05, 3.63) is 0 Å². The van der Waals surface area contributed by atoms with Crippen molar-refractivity contribution in [3.63, 3.8) is 0 Å². The van der Waals surface area contributed by atoms with Crippen LogP contribution in [0.4, 0.5) is 0 Å². The van der Waals surface area contributed by atoms with E-state index in [-0.39, 0.29) is 0 Å². The van der Waals surface area contributed by atoms with Gasteiger partial charge in [0.15, 0.2) is 0 Å². The fourth-order valence-corrected chi connectivity index (χ4v) is 3.28. The summed E-state index contributed by atoms with van der Waals surface area (Å²) >= 11 is 0. The van der Waals surface area contributed by atoms with Crippen molar-refractivity contribution in [2.45, 2.75) is 93.9 Å². The second-order valence-corrected chi connectivity index (χ2v) is 9.02. The Balaban J connectivity index is 3.62. The Morgan fingerprint density at radius 2 is 0.889 bits per heavy atom. The third-order valence-electron chi connectivity index (χ3n) is 3.57. The summed E-state index contributed by atoms with van der Waals surface area (Å²) in [6.45, 7) is 19.0. The van der Waals surface area contributed by atoms with Gasteiger partial charge in [0.1, 0.15) is 0 Å². The summed E-state index contributed by atoms with van der Waals surface area (Å²) in [5, 5.41) is 0. The maximum Gasteiger partial charge on any atom is -0.0380 e. The average Bonchev–Trinajstić information content (AvgIpc) is 2.06. The van der Waals surface area contributed by atoms with E-state index in [9.17, 15) is 0 Å². The molecule has 0 heteroatoms. The lowest BCUT2D eigenvalue weighted by Crippen LogP contribution is -2.12. The van der Waals surface area contributed by atoms with Crippen LogP contribution in [0.3, 0.4) is 0 Å². The SMILES string of the molecule is C[C@H](CCCC[C@H](C)CC(C)(C)C)CC(C)(C)C. The molecule has 110 valence electrons. The Morgan fingerprint density at radius 1 is 0.611 bits per heavy atom. The molecule has 18 heavy (non-hydrogen) atoms. The third kappa shape index (κ3) is 12.5. The highest BCUT2D eigenvalue weighted by molar-refractivity contribution is 4.68. The molecule has 0 spiro atoms. The summed E-state index contributed by atoms with van der Waals surface area (Å²) in [5.74, 6) is 1.78. The first-order valence-corrected chi connectivity index (χ1v) is 7.99. The standard InChI is InChI=1S/C18H38/c1-15(13-17(3,4)5)11-9-10-12-16(2)14-18(6,7)8/h15-16H,9-14H2,1-8H3/t15-,16+. The molecule has 0 radical (unpaired) electrons. The van der Waals surface area contributed by atoms with Crippen molar-refractivity contribution in [1.29, 1.82) is 0 Å². The molecule has 0 unspecified atom stereocenters. The summed E-state index contributed by atoms with van der Waals surface area (Å²) in [6.07, 6.45) is 8.41. The highest BCUT2D eigenvalue weighted by atomic mass is 14.2. The summed E-state index contributed by atoms with van der Waals surface area (Å²) < 4.78 is 0. The molecule has 0 aromatic heterocycles. The smallest absolute Gasteiger partial charge is 0.0380 e. The predicted molar refractivity (Wildman–Crippen MR) is 84.9 cm³/mol. The van der Waals surface area contributed by atoms with Crippen molar-refractivity contribution in [1.82, 2.24) is 0 Å². The van der Waals surface area contributed by atoms with Crippen LogP contribution in [0.2, 0.25) is 0 Å². The van der Waals surface area contributed by atoms with E-state index in [1.54, 1.807) is 0 Å². The molecule has 0 rings (SSSR count). The molecule has 0 N–H and O–H groups in total. The molecular formula is C18H38.